The monoisotopic (exact) mass is 281 g/mol. The molecule has 1 heterocycles. The van der Waals surface area contributed by atoms with E-state index >= 15 is 0 Å². The van der Waals surface area contributed by atoms with Gasteiger partial charge in [-0.25, -0.2) is 0 Å². The fourth-order valence-electron chi connectivity index (χ4n) is 1.46. The predicted molar refractivity (Wildman–Crippen MR) is 65.1 cm³/mol. The third-order valence-electron chi connectivity index (χ3n) is 2.18. The standard InChI is InChI=1S/C12H12BrNO2/c1-14(15)8-11-6-7-12(16-11)9-2-4-10(13)5-3-9/h2-7,15H,8H2,1H3. The van der Waals surface area contributed by atoms with Gasteiger partial charge in [-0.15, -0.1) is 0 Å². The second kappa shape index (κ2) is 4.82. The highest BCUT2D eigenvalue weighted by atomic mass is 79.9. The topological polar surface area (TPSA) is 36.6 Å². The smallest absolute Gasteiger partial charge is 0.134 e. The molecule has 84 valence electrons. The van der Waals surface area contributed by atoms with Crippen molar-refractivity contribution in [1.29, 1.82) is 0 Å². The van der Waals surface area contributed by atoms with Gasteiger partial charge in [-0.3, -0.25) is 0 Å². The summed E-state index contributed by atoms with van der Waals surface area (Å²) in [4.78, 5) is 0. The number of benzene rings is 1. The SMILES string of the molecule is CN(O)Cc1ccc(-c2ccc(Br)cc2)o1. The normalized spacial score (nSPS) is 11.0. The van der Waals surface area contributed by atoms with Gasteiger partial charge in [0.1, 0.15) is 11.5 Å². The molecule has 0 aliphatic heterocycles. The van der Waals surface area contributed by atoms with E-state index < -0.39 is 0 Å². The quantitative estimate of drug-likeness (QED) is 0.875. The third kappa shape index (κ3) is 2.72. The van der Waals surface area contributed by atoms with Crippen LogP contribution in [-0.2, 0) is 6.54 Å². The van der Waals surface area contributed by atoms with Crippen molar-refractivity contribution in [3.63, 3.8) is 0 Å². The molecule has 1 aromatic carbocycles. The van der Waals surface area contributed by atoms with Crippen molar-refractivity contribution in [1.82, 2.24) is 5.06 Å². The Hall–Kier alpha value is -1.10. The number of halogens is 1. The Morgan fingerprint density at radius 1 is 1.19 bits per heavy atom. The summed E-state index contributed by atoms with van der Waals surface area (Å²) < 4.78 is 6.64. The van der Waals surface area contributed by atoms with Crippen LogP contribution in [0, 0.1) is 0 Å². The fraction of sp³-hybridized carbons (Fsp3) is 0.167. The van der Waals surface area contributed by atoms with Crippen LogP contribution in [0.2, 0.25) is 0 Å². The first-order chi connectivity index (χ1) is 7.65. The Labute approximate surface area is 102 Å². The molecule has 16 heavy (non-hydrogen) atoms. The van der Waals surface area contributed by atoms with Crippen LogP contribution in [0.25, 0.3) is 11.3 Å². The summed E-state index contributed by atoms with van der Waals surface area (Å²) in [6.45, 7) is 0.385. The molecule has 1 N–H and O–H groups in total. The zero-order chi connectivity index (χ0) is 11.5. The summed E-state index contributed by atoms with van der Waals surface area (Å²) in [5.74, 6) is 1.55. The average Bonchev–Trinajstić information content (AvgIpc) is 2.66. The first-order valence-corrected chi connectivity index (χ1v) is 5.69. The molecule has 1 aromatic heterocycles. The second-order valence-corrected chi connectivity index (χ2v) is 4.50. The lowest BCUT2D eigenvalue weighted by Crippen LogP contribution is -2.10. The van der Waals surface area contributed by atoms with Gasteiger partial charge in [0.05, 0.1) is 6.54 Å². The maximum atomic E-state index is 9.09. The van der Waals surface area contributed by atoms with Crippen molar-refractivity contribution in [3.05, 3.63) is 46.6 Å². The van der Waals surface area contributed by atoms with E-state index in [1.54, 1.807) is 7.05 Å². The summed E-state index contributed by atoms with van der Waals surface area (Å²) in [5, 5.41) is 10.2. The summed E-state index contributed by atoms with van der Waals surface area (Å²) in [6, 6.07) is 11.7. The molecule has 4 heteroatoms. The van der Waals surface area contributed by atoms with E-state index in [-0.39, 0.29) is 0 Å². The van der Waals surface area contributed by atoms with Crippen LogP contribution >= 0.6 is 15.9 Å². The number of hydrogen-bond acceptors (Lipinski definition) is 3. The lowest BCUT2D eigenvalue weighted by Gasteiger charge is -2.04. The van der Waals surface area contributed by atoms with Gasteiger partial charge in [-0.05, 0) is 24.3 Å². The van der Waals surface area contributed by atoms with Crippen LogP contribution in [0.15, 0.2) is 45.3 Å². The number of rotatable bonds is 3. The van der Waals surface area contributed by atoms with Crippen LogP contribution in [0.4, 0.5) is 0 Å². The third-order valence-corrected chi connectivity index (χ3v) is 2.70. The molecule has 0 radical (unpaired) electrons. The minimum atomic E-state index is 0.385. The maximum Gasteiger partial charge on any atom is 0.134 e. The van der Waals surface area contributed by atoms with Crippen LogP contribution in [0.1, 0.15) is 5.76 Å². The Balaban J connectivity index is 2.21. The highest BCUT2D eigenvalue weighted by Gasteiger charge is 2.05. The largest absolute Gasteiger partial charge is 0.460 e. The van der Waals surface area contributed by atoms with Crippen LogP contribution in [-0.4, -0.2) is 17.3 Å². The van der Waals surface area contributed by atoms with Crippen molar-refractivity contribution in [3.8, 4) is 11.3 Å². The van der Waals surface area contributed by atoms with Crippen molar-refractivity contribution < 1.29 is 9.62 Å². The zero-order valence-electron chi connectivity index (χ0n) is 8.85. The second-order valence-electron chi connectivity index (χ2n) is 3.59. The first-order valence-electron chi connectivity index (χ1n) is 4.90. The number of furan rings is 1. The van der Waals surface area contributed by atoms with Gasteiger partial charge in [0, 0.05) is 17.1 Å². The van der Waals surface area contributed by atoms with E-state index in [1.807, 2.05) is 36.4 Å². The van der Waals surface area contributed by atoms with E-state index in [2.05, 4.69) is 15.9 Å². The fourth-order valence-corrected chi connectivity index (χ4v) is 1.72. The Morgan fingerprint density at radius 2 is 1.88 bits per heavy atom. The van der Waals surface area contributed by atoms with Gasteiger partial charge >= 0.3 is 0 Å². The Bertz CT molecular complexity index is 462. The number of nitrogens with zero attached hydrogens (tertiary/aromatic N) is 1. The van der Waals surface area contributed by atoms with Crippen molar-refractivity contribution >= 4 is 15.9 Å². The average molecular weight is 282 g/mol. The molecule has 0 amide bonds. The van der Waals surface area contributed by atoms with Gasteiger partial charge in [0.15, 0.2) is 0 Å². The van der Waals surface area contributed by atoms with E-state index in [0.29, 0.717) is 6.54 Å². The van der Waals surface area contributed by atoms with Crippen LogP contribution in [0.3, 0.4) is 0 Å². The highest BCUT2D eigenvalue weighted by molar-refractivity contribution is 9.10. The molecule has 0 saturated heterocycles. The maximum absolute atomic E-state index is 9.09. The zero-order valence-corrected chi connectivity index (χ0v) is 10.4. The molecular weight excluding hydrogens is 270 g/mol. The summed E-state index contributed by atoms with van der Waals surface area (Å²) in [5.41, 5.74) is 1.02. The van der Waals surface area contributed by atoms with E-state index in [0.717, 1.165) is 26.6 Å². The molecule has 3 nitrogen and oxygen atoms in total. The van der Waals surface area contributed by atoms with Gasteiger partial charge in [-0.1, -0.05) is 28.1 Å². The molecule has 2 rings (SSSR count). The predicted octanol–water partition coefficient (Wildman–Crippen LogP) is 3.53. The highest BCUT2D eigenvalue weighted by Crippen LogP contribution is 2.24. The minimum absolute atomic E-state index is 0.385. The van der Waals surface area contributed by atoms with Crippen LogP contribution < -0.4 is 0 Å². The van der Waals surface area contributed by atoms with Gasteiger partial charge in [0.2, 0.25) is 0 Å². The lowest BCUT2D eigenvalue weighted by molar-refractivity contribution is -0.0772. The molecule has 0 fully saturated rings. The number of hydroxylamine groups is 2. The van der Waals surface area contributed by atoms with E-state index in [4.69, 9.17) is 9.62 Å². The van der Waals surface area contributed by atoms with Crippen molar-refractivity contribution in [2.45, 2.75) is 6.54 Å². The molecule has 0 saturated carbocycles. The molecule has 0 spiro atoms. The van der Waals surface area contributed by atoms with Crippen molar-refractivity contribution in [2.24, 2.45) is 0 Å². The van der Waals surface area contributed by atoms with Crippen molar-refractivity contribution in [2.75, 3.05) is 7.05 Å². The van der Waals surface area contributed by atoms with E-state index in [1.165, 1.54) is 0 Å². The summed E-state index contributed by atoms with van der Waals surface area (Å²) >= 11 is 3.39. The molecule has 0 bridgehead atoms. The molecule has 0 aliphatic carbocycles. The molecule has 0 unspecified atom stereocenters. The minimum Gasteiger partial charge on any atom is -0.460 e. The lowest BCUT2D eigenvalue weighted by atomic mass is 10.2. The van der Waals surface area contributed by atoms with Crippen LogP contribution in [0.5, 0.6) is 0 Å². The molecule has 0 aliphatic rings. The summed E-state index contributed by atoms with van der Waals surface area (Å²) in [6.07, 6.45) is 0. The van der Waals surface area contributed by atoms with Gasteiger partial charge in [-0.2, -0.15) is 5.06 Å². The number of hydrogen-bond donors (Lipinski definition) is 1. The first kappa shape index (κ1) is 11.4. The van der Waals surface area contributed by atoms with Gasteiger partial charge in [0.25, 0.3) is 0 Å². The Morgan fingerprint density at radius 3 is 2.50 bits per heavy atom. The van der Waals surface area contributed by atoms with E-state index in [9.17, 15) is 0 Å². The van der Waals surface area contributed by atoms with Gasteiger partial charge < -0.3 is 9.62 Å². The molecule has 2 aromatic rings. The molecular formula is C12H12BrNO2. The molecule has 0 atom stereocenters. The Kier molecular flexibility index (Phi) is 3.43. The summed E-state index contributed by atoms with van der Waals surface area (Å²) in [7, 11) is 1.59.